The molecule has 0 aromatic heterocycles. The van der Waals surface area contributed by atoms with Gasteiger partial charge in [0.1, 0.15) is 61.9 Å². The molecule has 498 valence electrons. The number of carbonyl (C=O) groups is 11. The lowest BCUT2D eigenvalue weighted by Crippen LogP contribution is -2.71. The van der Waals surface area contributed by atoms with E-state index in [9.17, 15) is 52.7 Å². The number of esters is 7. The van der Waals surface area contributed by atoms with E-state index in [0.717, 1.165) is 51.3 Å². The minimum atomic E-state index is -2.84. The number of amides is 4. The van der Waals surface area contributed by atoms with Gasteiger partial charge in [-0.15, -0.1) is 6.58 Å². The normalized spacial score (nSPS) is 28.1. The van der Waals surface area contributed by atoms with E-state index in [-0.39, 0.29) is 54.9 Å². The van der Waals surface area contributed by atoms with E-state index in [0.29, 0.717) is 12.8 Å². The van der Waals surface area contributed by atoms with E-state index in [1.165, 1.54) is 61.7 Å². The Kier molecular flexibility index (Phi) is 24.1. The van der Waals surface area contributed by atoms with Crippen LogP contribution in [0.4, 0.5) is 0 Å². The molecule has 2 aromatic rings. The maximum Gasteiger partial charge on any atom is 0.305 e. The molecule has 3 fully saturated rings. The van der Waals surface area contributed by atoms with E-state index in [1.807, 2.05) is 33.9 Å². The van der Waals surface area contributed by atoms with Gasteiger partial charge in [0.05, 0.1) is 42.6 Å². The smallest absolute Gasteiger partial charge is 0.305 e. The van der Waals surface area contributed by atoms with Crippen LogP contribution in [-0.4, -0.2) is 216 Å². The van der Waals surface area contributed by atoms with Crippen molar-refractivity contribution in [3.05, 3.63) is 83.4 Å². The second-order valence-corrected chi connectivity index (χ2v) is 28.5. The van der Waals surface area contributed by atoms with Gasteiger partial charge in [0.2, 0.25) is 0 Å². The molecule has 0 unspecified atom stereocenters. The van der Waals surface area contributed by atoms with Crippen molar-refractivity contribution in [3.8, 4) is 0 Å². The van der Waals surface area contributed by atoms with Gasteiger partial charge >= 0.3 is 41.8 Å². The third kappa shape index (κ3) is 16.8. The van der Waals surface area contributed by atoms with Crippen molar-refractivity contribution >= 4 is 73.7 Å². The fourth-order valence-corrected chi connectivity index (χ4v) is 12.0. The van der Waals surface area contributed by atoms with Crippen molar-refractivity contribution in [2.45, 2.75) is 198 Å². The summed E-state index contributed by atoms with van der Waals surface area (Å²) in [6.45, 7) is 17.9. The number of fused-ring (bicyclic) bond motifs is 2. The van der Waals surface area contributed by atoms with Crippen molar-refractivity contribution < 1.29 is 123 Å². The van der Waals surface area contributed by atoms with E-state index in [2.05, 4.69) is 6.58 Å². The number of hydrogen-bond donors (Lipinski definition) is 0. The molecule has 15 atom stereocenters. The van der Waals surface area contributed by atoms with Crippen LogP contribution in [0.2, 0.25) is 18.1 Å². The van der Waals surface area contributed by atoms with Crippen molar-refractivity contribution in [2.24, 2.45) is 0 Å². The van der Waals surface area contributed by atoms with Gasteiger partial charge in [-0.2, -0.15) is 0 Å². The van der Waals surface area contributed by atoms with Gasteiger partial charge in [0.15, 0.2) is 51.6 Å². The maximum absolute atomic E-state index is 14.8. The lowest BCUT2D eigenvalue weighted by molar-refractivity contribution is -0.381. The van der Waals surface area contributed by atoms with Crippen molar-refractivity contribution in [3.63, 3.8) is 0 Å². The van der Waals surface area contributed by atoms with Gasteiger partial charge in [0.25, 0.3) is 23.6 Å². The zero-order chi connectivity index (χ0) is 66.8. The maximum atomic E-state index is 14.8. The lowest BCUT2D eigenvalue weighted by atomic mass is 9.93. The molecule has 91 heavy (non-hydrogen) atoms. The largest absolute Gasteiger partial charge is 0.469 e. The highest BCUT2D eigenvalue weighted by Gasteiger charge is 2.63. The molecule has 5 aliphatic heterocycles. The highest BCUT2D eigenvalue weighted by molar-refractivity contribution is 6.74. The van der Waals surface area contributed by atoms with Crippen molar-refractivity contribution in [1.82, 2.24) is 9.80 Å². The van der Waals surface area contributed by atoms with Crippen LogP contribution in [0, 0.1) is 0 Å². The Bertz CT molecular complexity index is 2990. The quantitative estimate of drug-likeness (QED) is 0.0298. The van der Waals surface area contributed by atoms with Crippen LogP contribution in [0.1, 0.15) is 129 Å². The summed E-state index contributed by atoms with van der Waals surface area (Å²) in [6.07, 6.45) is -20.0. The third-order valence-corrected chi connectivity index (χ3v) is 20.6. The van der Waals surface area contributed by atoms with Crippen LogP contribution in [0.15, 0.2) is 61.2 Å². The zero-order valence-electron chi connectivity index (χ0n) is 52.9. The van der Waals surface area contributed by atoms with Gasteiger partial charge in [-0.3, -0.25) is 62.5 Å². The third-order valence-electron chi connectivity index (χ3n) is 16.1. The van der Waals surface area contributed by atoms with Crippen LogP contribution >= 0.6 is 0 Å². The second-order valence-electron chi connectivity index (χ2n) is 23.7. The van der Waals surface area contributed by atoms with Crippen LogP contribution < -0.4 is 0 Å². The highest BCUT2D eigenvalue weighted by Crippen LogP contribution is 2.43. The summed E-state index contributed by atoms with van der Waals surface area (Å²) >= 11 is 0. The van der Waals surface area contributed by atoms with Gasteiger partial charge in [0, 0.05) is 54.6 Å². The Hall–Kier alpha value is -7.35. The number of carbonyl (C=O) groups excluding carboxylic acids is 11. The second kappa shape index (κ2) is 30.8. The molecule has 0 spiro atoms. The minimum Gasteiger partial charge on any atom is -0.469 e. The van der Waals surface area contributed by atoms with Crippen molar-refractivity contribution in [2.75, 3.05) is 40.1 Å². The van der Waals surface area contributed by atoms with E-state index < -0.39 is 184 Å². The first-order chi connectivity index (χ1) is 43.0. The van der Waals surface area contributed by atoms with Crippen LogP contribution in [0.5, 0.6) is 0 Å². The van der Waals surface area contributed by atoms with Crippen LogP contribution in [0.3, 0.4) is 0 Å². The van der Waals surface area contributed by atoms with Gasteiger partial charge in [-0.05, 0) is 55.2 Å². The summed E-state index contributed by atoms with van der Waals surface area (Å²) in [7, 11) is -1.57. The Morgan fingerprint density at radius 1 is 0.516 bits per heavy atom. The van der Waals surface area contributed by atoms with Crippen molar-refractivity contribution in [1.29, 1.82) is 0 Å². The molecule has 5 aliphatic rings. The van der Waals surface area contributed by atoms with E-state index in [4.69, 9.17) is 70.7 Å². The molecule has 0 aliphatic carbocycles. The predicted molar refractivity (Wildman–Crippen MR) is 312 cm³/mol. The molecule has 3 saturated heterocycles. The number of hydrogen-bond acceptors (Lipinski definition) is 26. The number of rotatable bonds is 27. The van der Waals surface area contributed by atoms with Gasteiger partial charge in [-0.25, -0.2) is 0 Å². The molecular weight excluding hydrogens is 1220 g/mol. The Morgan fingerprint density at radius 2 is 0.912 bits per heavy atom. The number of nitrogens with zero attached hydrogens (tertiary/aromatic N) is 2. The Labute approximate surface area is 527 Å². The van der Waals surface area contributed by atoms with Gasteiger partial charge < -0.3 is 70.7 Å². The number of benzene rings is 2. The number of unbranched alkanes of at least 4 members (excludes halogenated alkanes) is 2. The molecule has 2 aromatic carbocycles. The minimum absolute atomic E-state index is 0.0680. The van der Waals surface area contributed by atoms with Crippen LogP contribution in [0.25, 0.3) is 0 Å². The highest BCUT2D eigenvalue weighted by atomic mass is 28.4. The topological polar surface area (TPSA) is 333 Å². The SMILES string of the molecule is C=CCO[C@H]1[C@@H](O[C@@H]2O[C@H](COC(C)=O)[C@@H](OC(C)=O)[C@H](OC(C)=O)[C@@H]2N2C(=O)c3ccccc3C2=O)[C@@H](CO[Si](C)(C)C(C)(C)C)O[C@H](OCCCCCC(=O)OC)[C@@H]1O[C@@H]1O[C@H](COC(C)=O)[C@@H](OC(C)=O)[C@H](OC(C)=O)[C@@H]1N1C(=O)c2ccccc2C1=O. The first kappa shape index (κ1) is 71.1. The average molecular weight is 1300 g/mol. The molecule has 0 N–H and O–H groups in total. The summed E-state index contributed by atoms with van der Waals surface area (Å²) in [5.41, 5.74) is -0.287. The first-order valence-electron chi connectivity index (χ1n) is 29.7. The molecular formula is C62H80N2O26Si. The zero-order valence-corrected chi connectivity index (χ0v) is 53.9. The molecule has 0 bridgehead atoms. The Balaban J connectivity index is 1.47. The van der Waals surface area contributed by atoms with E-state index in [1.54, 1.807) is 0 Å². The molecule has 0 saturated carbocycles. The number of methoxy groups -OCH3 is 1. The molecule has 28 nitrogen and oxygen atoms in total. The van der Waals surface area contributed by atoms with Gasteiger partial charge in [-0.1, -0.05) is 57.5 Å². The standard InChI is InChI=1S/C62H80N2O26Si/c1-14-27-77-53-50(89-59-46(63-55(72)38-22-17-18-23-39(38)56(63)73)51(84-36(6)69)48(82-34(4)67)42(86-59)29-79-32(2)65)44(31-81-91(12,13)62(8,9)10)88-61(78-28-21-15-16-26-45(71)76-11)54(53)90-60-47(64-57(74)40-24-19-20-25-41(40)58(64)75)52(85-37(7)70)49(83-35(5)68)43(87-60)30-80-33(3)66/h14,17-20,22-25,42-44,46-54,59-61H,1,15-16,21,26-31H2,2-13H3/t42-,43-,44-,46+,47+,48-,49-,50+,51-,52-,53+,54-,59+,60+,61+/m1/s1. The summed E-state index contributed by atoms with van der Waals surface area (Å²) in [6, 6.07) is 7.84. The number of imide groups is 2. The molecule has 5 heterocycles. The average Bonchev–Trinajstić information content (AvgIpc) is 1.72. The number of ether oxygens (including phenoxy) is 14. The molecule has 29 heteroatoms. The lowest BCUT2D eigenvalue weighted by Gasteiger charge is -2.52. The first-order valence-corrected chi connectivity index (χ1v) is 32.6. The Morgan fingerprint density at radius 3 is 1.30 bits per heavy atom. The molecule has 4 amide bonds. The molecule has 0 radical (unpaired) electrons. The monoisotopic (exact) mass is 1300 g/mol. The van der Waals surface area contributed by atoms with E-state index >= 15 is 0 Å². The van der Waals surface area contributed by atoms with Crippen LogP contribution in [-0.2, 0) is 104 Å². The fraction of sp³-hybridized carbons (Fsp3) is 0.597. The summed E-state index contributed by atoms with van der Waals surface area (Å²) in [5, 5.41) is -0.443. The summed E-state index contributed by atoms with van der Waals surface area (Å²) in [5.74, 6) is -9.62. The fourth-order valence-electron chi connectivity index (χ4n) is 11.0. The summed E-state index contributed by atoms with van der Waals surface area (Å²) in [4.78, 5) is 151. The predicted octanol–water partition coefficient (Wildman–Crippen LogP) is 4.46. The molecule has 7 rings (SSSR count). The summed E-state index contributed by atoms with van der Waals surface area (Å²) < 4.78 is 94.2.